The first-order chi connectivity index (χ1) is 15.5. The Labute approximate surface area is 194 Å². The fraction of sp³-hybridized carbons (Fsp3) is 0.357. The molecule has 1 aliphatic rings. The van der Waals surface area contributed by atoms with Crippen molar-refractivity contribution >= 4 is 5.69 Å². The molecule has 1 aromatic heterocycles. The van der Waals surface area contributed by atoms with Gasteiger partial charge in [-0.15, -0.1) is 0 Å². The summed E-state index contributed by atoms with van der Waals surface area (Å²) in [5.74, 6) is 0. The minimum atomic E-state index is 0.708. The van der Waals surface area contributed by atoms with Crippen LogP contribution in [0.1, 0.15) is 46.5 Å². The van der Waals surface area contributed by atoms with Gasteiger partial charge in [-0.3, -0.25) is 0 Å². The number of rotatable bonds is 10. The van der Waals surface area contributed by atoms with E-state index in [0.29, 0.717) is 5.70 Å². The summed E-state index contributed by atoms with van der Waals surface area (Å²) in [6.45, 7) is 21.3. The zero-order valence-electron chi connectivity index (χ0n) is 20.1. The second-order valence-electron chi connectivity index (χ2n) is 8.01. The van der Waals surface area contributed by atoms with Crippen LogP contribution in [0.3, 0.4) is 0 Å². The highest BCUT2D eigenvalue weighted by Crippen LogP contribution is 2.16. The Hall–Kier alpha value is -3.14. The lowest BCUT2D eigenvalue weighted by Gasteiger charge is -2.29. The predicted molar refractivity (Wildman–Crippen MR) is 138 cm³/mol. The molecule has 1 saturated heterocycles. The summed E-state index contributed by atoms with van der Waals surface area (Å²) in [7, 11) is 0. The number of nitrogens with zero attached hydrogens (tertiary/aromatic N) is 4. The van der Waals surface area contributed by atoms with Crippen LogP contribution < -0.4 is 10.4 Å². The Morgan fingerprint density at radius 3 is 2.53 bits per heavy atom. The van der Waals surface area contributed by atoms with Gasteiger partial charge in [-0.05, 0) is 62.8 Å². The van der Waals surface area contributed by atoms with E-state index < -0.39 is 0 Å². The Morgan fingerprint density at radius 2 is 1.88 bits per heavy atom. The average Bonchev–Trinajstić information content (AvgIpc) is 2.80. The van der Waals surface area contributed by atoms with Crippen molar-refractivity contribution in [3.63, 3.8) is 0 Å². The Balaban J connectivity index is 2.29. The monoisotopic (exact) mass is 430 g/mol. The van der Waals surface area contributed by atoms with Gasteiger partial charge in [0.05, 0.1) is 11.4 Å². The number of hydrogen-bond donors (Lipinski definition) is 0. The lowest BCUT2D eigenvalue weighted by Crippen LogP contribution is -2.37. The van der Waals surface area contributed by atoms with Gasteiger partial charge in [-0.25, -0.2) is 9.67 Å². The van der Waals surface area contributed by atoms with Crippen molar-refractivity contribution in [2.24, 2.45) is 4.99 Å². The molecule has 0 aromatic carbocycles. The molecule has 4 nitrogen and oxygen atoms in total. The number of piperidine rings is 1. The maximum absolute atomic E-state index is 4.88. The van der Waals surface area contributed by atoms with E-state index in [-0.39, 0.29) is 0 Å². The first-order valence-electron chi connectivity index (χ1n) is 11.6. The number of anilines is 1. The Kier molecular flexibility index (Phi) is 10.5. The number of aromatic nitrogens is 2. The van der Waals surface area contributed by atoms with Crippen LogP contribution in [0.15, 0.2) is 102 Å². The van der Waals surface area contributed by atoms with Crippen molar-refractivity contribution in [3.8, 4) is 0 Å². The molecule has 0 spiro atoms. The fourth-order valence-corrected chi connectivity index (χ4v) is 3.60. The first-order valence-corrected chi connectivity index (χ1v) is 11.6. The Bertz CT molecular complexity index is 993. The first kappa shape index (κ1) is 25.1. The summed E-state index contributed by atoms with van der Waals surface area (Å²) >= 11 is 0. The van der Waals surface area contributed by atoms with Crippen LogP contribution in [0.5, 0.6) is 0 Å². The summed E-state index contributed by atoms with van der Waals surface area (Å²) in [6, 6.07) is 2.08. The van der Waals surface area contributed by atoms with Gasteiger partial charge in [-0.1, -0.05) is 68.7 Å². The lowest BCUT2D eigenvalue weighted by molar-refractivity contribution is 0.540. The van der Waals surface area contributed by atoms with Crippen molar-refractivity contribution in [2.45, 2.75) is 53.0 Å². The van der Waals surface area contributed by atoms with Gasteiger partial charge >= 0.3 is 0 Å². The van der Waals surface area contributed by atoms with E-state index in [9.17, 15) is 0 Å². The number of hydrogen-bond acceptors (Lipinski definition) is 3. The highest BCUT2D eigenvalue weighted by molar-refractivity contribution is 5.46. The van der Waals surface area contributed by atoms with Crippen LogP contribution in [0, 0.1) is 0 Å². The second-order valence-corrected chi connectivity index (χ2v) is 8.01. The molecule has 2 heterocycles. The van der Waals surface area contributed by atoms with Gasteiger partial charge in [-0.2, -0.15) is 5.10 Å². The van der Waals surface area contributed by atoms with Crippen LogP contribution in [-0.2, 0) is 6.54 Å². The molecule has 4 heteroatoms. The molecule has 0 aliphatic carbocycles. The molecule has 32 heavy (non-hydrogen) atoms. The third-order valence-electron chi connectivity index (χ3n) is 5.32. The Morgan fingerprint density at radius 1 is 1.12 bits per heavy atom. The SMILES string of the molecule is C=C/C(=C/C=C(C)/C=C/C(=C)N=c1c(N2CCCCC2)ccnn1CCC)C(=C)/C=C\C. The molecule has 0 unspecified atom stereocenters. The normalized spacial score (nSPS) is 16.2. The molecular weight excluding hydrogens is 392 g/mol. The molecule has 1 aromatic rings. The third kappa shape index (κ3) is 7.52. The summed E-state index contributed by atoms with van der Waals surface area (Å²) in [5.41, 5.74) is 5.79. The molecule has 0 saturated carbocycles. The van der Waals surface area contributed by atoms with Gasteiger partial charge in [0.25, 0.3) is 0 Å². The van der Waals surface area contributed by atoms with Crippen LogP contribution >= 0.6 is 0 Å². The zero-order valence-corrected chi connectivity index (χ0v) is 20.1. The van der Waals surface area contributed by atoms with Crippen LogP contribution in [-0.4, -0.2) is 22.9 Å². The van der Waals surface area contributed by atoms with Gasteiger partial charge in [0.15, 0.2) is 5.49 Å². The number of allylic oxidation sites excluding steroid dienone is 10. The van der Waals surface area contributed by atoms with E-state index in [2.05, 4.69) is 55.7 Å². The lowest BCUT2D eigenvalue weighted by atomic mass is 10.1. The summed E-state index contributed by atoms with van der Waals surface area (Å²) < 4.78 is 2.00. The van der Waals surface area contributed by atoms with Crippen LogP contribution in [0.2, 0.25) is 0 Å². The standard InChI is InChI=1S/C28H38N4/c1-7-13-24(5)26(9-3)17-15-23(4)14-16-25(6)30-28-27(31-21-11-10-12-22-31)18-19-29-32(28)20-8-2/h7,9,13-19H,3,5-6,8,10-12,20-22H2,1-2,4H3/b13-7-,16-14+,23-15+,26-17-,30-28?. The fourth-order valence-electron chi connectivity index (χ4n) is 3.60. The maximum Gasteiger partial charge on any atom is 0.173 e. The highest BCUT2D eigenvalue weighted by atomic mass is 15.3. The molecule has 0 atom stereocenters. The van der Waals surface area contributed by atoms with Gasteiger partial charge in [0, 0.05) is 25.8 Å². The molecule has 0 amide bonds. The quantitative estimate of drug-likeness (QED) is 0.400. The van der Waals surface area contributed by atoms with Crippen LogP contribution in [0.25, 0.3) is 0 Å². The van der Waals surface area contributed by atoms with Crippen molar-refractivity contribution < 1.29 is 0 Å². The van der Waals surface area contributed by atoms with Crippen molar-refractivity contribution in [1.82, 2.24) is 9.78 Å². The molecule has 170 valence electrons. The van der Waals surface area contributed by atoms with Gasteiger partial charge < -0.3 is 4.90 Å². The van der Waals surface area contributed by atoms with E-state index >= 15 is 0 Å². The molecule has 0 radical (unpaired) electrons. The summed E-state index contributed by atoms with van der Waals surface area (Å²) in [5, 5.41) is 4.55. The summed E-state index contributed by atoms with van der Waals surface area (Å²) in [6.07, 6.45) is 20.5. The van der Waals surface area contributed by atoms with Crippen LogP contribution in [0.4, 0.5) is 5.69 Å². The van der Waals surface area contributed by atoms with Crippen molar-refractivity contribution in [1.29, 1.82) is 0 Å². The maximum atomic E-state index is 4.88. The topological polar surface area (TPSA) is 33.4 Å². The smallest absolute Gasteiger partial charge is 0.173 e. The minimum Gasteiger partial charge on any atom is -0.368 e. The molecule has 2 rings (SSSR count). The molecule has 1 fully saturated rings. The molecule has 1 aliphatic heterocycles. The molecule has 0 bridgehead atoms. The van der Waals surface area contributed by atoms with Crippen molar-refractivity contribution in [3.05, 3.63) is 102 Å². The average molecular weight is 431 g/mol. The zero-order chi connectivity index (χ0) is 23.3. The van der Waals surface area contributed by atoms with E-state index in [1.807, 2.05) is 54.3 Å². The number of aryl methyl sites for hydroxylation is 1. The van der Waals surface area contributed by atoms with Crippen molar-refractivity contribution in [2.75, 3.05) is 18.0 Å². The third-order valence-corrected chi connectivity index (χ3v) is 5.32. The summed E-state index contributed by atoms with van der Waals surface area (Å²) in [4.78, 5) is 7.31. The van der Waals surface area contributed by atoms with E-state index in [4.69, 9.17) is 4.99 Å². The van der Waals surface area contributed by atoms with E-state index in [0.717, 1.165) is 53.9 Å². The highest BCUT2D eigenvalue weighted by Gasteiger charge is 2.14. The van der Waals surface area contributed by atoms with Gasteiger partial charge in [0.2, 0.25) is 0 Å². The van der Waals surface area contributed by atoms with E-state index in [1.54, 1.807) is 0 Å². The largest absolute Gasteiger partial charge is 0.368 e. The predicted octanol–water partition coefficient (Wildman–Crippen LogP) is 6.45. The van der Waals surface area contributed by atoms with E-state index in [1.165, 1.54) is 19.3 Å². The molecule has 0 N–H and O–H groups in total. The van der Waals surface area contributed by atoms with Gasteiger partial charge in [0.1, 0.15) is 0 Å². The molecular formula is C28H38N4. The second kappa shape index (κ2) is 13.3. The minimum absolute atomic E-state index is 0.708.